The van der Waals surface area contributed by atoms with Gasteiger partial charge in [-0.1, -0.05) is 84.4 Å². The average Bonchev–Trinajstić information content (AvgIpc) is 3.36. The normalized spacial score (nSPS) is 10.7. The lowest BCUT2D eigenvalue weighted by atomic mass is 10.1. The SMILES string of the molecule is O=C(COc1ccc(-c2nc(-c3ccccc3)c(-c3ccccc3)[nH]2)cc1)Nc1ccccc1Cl. The zero-order valence-corrected chi connectivity index (χ0v) is 19.5. The predicted octanol–water partition coefficient (Wildman–Crippen LogP) is 7.08. The average molecular weight is 480 g/mol. The summed E-state index contributed by atoms with van der Waals surface area (Å²) in [6.45, 7) is -0.123. The van der Waals surface area contributed by atoms with Gasteiger partial charge in [-0.25, -0.2) is 4.98 Å². The Morgan fingerprint density at radius 2 is 1.40 bits per heavy atom. The van der Waals surface area contributed by atoms with Crippen LogP contribution in [0.1, 0.15) is 0 Å². The maximum absolute atomic E-state index is 12.2. The minimum Gasteiger partial charge on any atom is -0.484 e. The maximum Gasteiger partial charge on any atom is 0.262 e. The summed E-state index contributed by atoms with van der Waals surface area (Å²) >= 11 is 6.09. The quantitative estimate of drug-likeness (QED) is 0.262. The minimum absolute atomic E-state index is 0.123. The Labute approximate surface area is 208 Å². The molecule has 35 heavy (non-hydrogen) atoms. The molecule has 0 unspecified atom stereocenters. The van der Waals surface area contributed by atoms with Crippen molar-refractivity contribution in [2.75, 3.05) is 11.9 Å². The molecule has 0 saturated carbocycles. The number of hydrogen-bond donors (Lipinski definition) is 2. The molecule has 172 valence electrons. The molecule has 0 bridgehead atoms. The molecule has 6 heteroatoms. The Bertz CT molecular complexity index is 1380. The summed E-state index contributed by atoms with van der Waals surface area (Å²) in [7, 11) is 0. The number of carbonyl (C=O) groups is 1. The van der Waals surface area contributed by atoms with Gasteiger partial charge in [0.15, 0.2) is 6.61 Å². The van der Waals surface area contributed by atoms with Crippen LogP contribution in [0, 0.1) is 0 Å². The first-order chi connectivity index (χ1) is 17.2. The summed E-state index contributed by atoms with van der Waals surface area (Å²) < 4.78 is 5.65. The largest absolute Gasteiger partial charge is 0.484 e. The van der Waals surface area contributed by atoms with Crippen LogP contribution in [0.2, 0.25) is 5.02 Å². The van der Waals surface area contributed by atoms with Crippen molar-refractivity contribution in [1.29, 1.82) is 0 Å². The minimum atomic E-state index is -0.284. The number of imidazole rings is 1. The van der Waals surface area contributed by atoms with Gasteiger partial charge in [0.05, 0.1) is 22.1 Å². The van der Waals surface area contributed by atoms with E-state index in [0.717, 1.165) is 33.9 Å². The molecule has 2 N–H and O–H groups in total. The van der Waals surface area contributed by atoms with E-state index in [9.17, 15) is 4.79 Å². The number of halogens is 1. The van der Waals surface area contributed by atoms with Gasteiger partial charge in [0.1, 0.15) is 11.6 Å². The summed E-state index contributed by atoms with van der Waals surface area (Å²) in [6, 6.07) is 34.8. The summed E-state index contributed by atoms with van der Waals surface area (Å²) in [5, 5.41) is 3.23. The second-order valence-electron chi connectivity index (χ2n) is 7.88. The van der Waals surface area contributed by atoms with Gasteiger partial charge in [-0.15, -0.1) is 0 Å². The zero-order chi connectivity index (χ0) is 24.0. The van der Waals surface area contributed by atoms with E-state index in [0.29, 0.717) is 16.5 Å². The molecule has 0 aliphatic rings. The molecule has 1 aromatic heterocycles. The first kappa shape index (κ1) is 22.4. The van der Waals surface area contributed by atoms with E-state index in [4.69, 9.17) is 21.3 Å². The lowest BCUT2D eigenvalue weighted by Gasteiger charge is -2.09. The summed E-state index contributed by atoms with van der Waals surface area (Å²) in [4.78, 5) is 20.6. The summed E-state index contributed by atoms with van der Waals surface area (Å²) in [5.41, 5.74) is 5.43. The molecule has 0 aliphatic heterocycles. The lowest BCUT2D eigenvalue weighted by Crippen LogP contribution is -2.20. The molecule has 5 rings (SSSR count). The molecule has 5 nitrogen and oxygen atoms in total. The predicted molar refractivity (Wildman–Crippen MR) is 140 cm³/mol. The number of nitrogens with zero attached hydrogens (tertiary/aromatic N) is 1. The van der Waals surface area contributed by atoms with Gasteiger partial charge >= 0.3 is 0 Å². The number of carbonyl (C=O) groups excluding carboxylic acids is 1. The fourth-order valence-corrected chi connectivity index (χ4v) is 3.92. The molecule has 1 heterocycles. The number of para-hydroxylation sites is 1. The Balaban J connectivity index is 1.33. The number of hydrogen-bond acceptors (Lipinski definition) is 3. The van der Waals surface area contributed by atoms with Gasteiger partial charge in [-0.05, 0) is 36.4 Å². The van der Waals surface area contributed by atoms with Crippen molar-refractivity contribution in [2.45, 2.75) is 0 Å². The van der Waals surface area contributed by atoms with Gasteiger partial charge in [0, 0.05) is 16.7 Å². The molecule has 0 fully saturated rings. The van der Waals surface area contributed by atoms with Crippen LogP contribution in [0.25, 0.3) is 33.9 Å². The van der Waals surface area contributed by atoms with E-state index in [2.05, 4.69) is 34.6 Å². The van der Waals surface area contributed by atoms with E-state index >= 15 is 0 Å². The van der Waals surface area contributed by atoms with E-state index in [1.807, 2.05) is 66.7 Å². The van der Waals surface area contributed by atoms with Crippen LogP contribution in [0.15, 0.2) is 109 Å². The van der Waals surface area contributed by atoms with Crippen molar-refractivity contribution in [2.24, 2.45) is 0 Å². The Morgan fingerprint density at radius 1 is 0.771 bits per heavy atom. The monoisotopic (exact) mass is 479 g/mol. The number of benzene rings is 4. The smallest absolute Gasteiger partial charge is 0.262 e. The molecule has 0 atom stereocenters. The Morgan fingerprint density at radius 3 is 2.09 bits per heavy atom. The fourth-order valence-electron chi connectivity index (χ4n) is 3.74. The van der Waals surface area contributed by atoms with E-state index < -0.39 is 0 Å². The number of aromatic nitrogens is 2. The zero-order valence-electron chi connectivity index (χ0n) is 18.7. The Kier molecular flexibility index (Phi) is 6.59. The lowest BCUT2D eigenvalue weighted by molar-refractivity contribution is -0.118. The number of ether oxygens (including phenoxy) is 1. The van der Waals surface area contributed by atoms with Crippen molar-refractivity contribution in [3.63, 3.8) is 0 Å². The van der Waals surface area contributed by atoms with Crippen molar-refractivity contribution >= 4 is 23.2 Å². The van der Waals surface area contributed by atoms with E-state index in [1.165, 1.54) is 0 Å². The molecule has 1 amide bonds. The van der Waals surface area contributed by atoms with Crippen LogP contribution in [-0.4, -0.2) is 22.5 Å². The molecule has 4 aromatic carbocycles. The van der Waals surface area contributed by atoms with Crippen molar-refractivity contribution in [1.82, 2.24) is 9.97 Å². The molecule has 0 spiro atoms. The van der Waals surface area contributed by atoms with Gasteiger partial charge in [-0.2, -0.15) is 0 Å². The third-order valence-electron chi connectivity index (χ3n) is 5.46. The second kappa shape index (κ2) is 10.3. The highest BCUT2D eigenvalue weighted by Gasteiger charge is 2.15. The standard InChI is InChI=1S/C29H22ClN3O2/c30-24-13-7-8-14-25(24)31-26(34)19-35-23-17-15-22(16-18-23)29-32-27(20-9-3-1-4-10-20)28(33-29)21-11-5-2-6-12-21/h1-18H,19H2,(H,31,34)(H,32,33). The van der Waals surface area contributed by atoms with Crippen LogP contribution in [0.4, 0.5) is 5.69 Å². The molecular formula is C29H22ClN3O2. The van der Waals surface area contributed by atoms with Gasteiger partial charge in [-0.3, -0.25) is 4.79 Å². The summed E-state index contributed by atoms with van der Waals surface area (Å²) in [6.07, 6.45) is 0. The van der Waals surface area contributed by atoms with Crippen LogP contribution in [0.3, 0.4) is 0 Å². The van der Waals surface area contributed by atoms with E-state index in [-0.39, 0.29) is 12.5 Å². The second-order valence-corrected chi connectivity index (χ2v) is 8.29. The van der Waals surface area contributed by atoms with Crippen LogP contribution in [-0.2, 0) is 4.79 Å². The highest BCUT2D eigenvalue weighted by atomic mass is 35.5. The van der Waals surface area contributed by atoms with Crippen molar-refractivity contribution < 1.29 is 9.53 Å². The molecule has 0 saturated heterocycles. The van der Waals surface area contributed by atoms with Crippen molar-refractivity contribution in [3.8, 4) is 39.7 Å². The van der Waals surface area contributed by atoms with Crippen LogP contribution in [0.5, 0.6) is 5.75 Å². The van der Waals surface area contributed by atoms with Gasteiger partial charge < -0.3 is 15.0 Å². The third kappa shape index (κ3) is 5.26. The first-order valence-corrected chi connectivity index (χ1v) is 11.5. The molecule has 0 aliphatic carbocycles. The van der Waals surface area contributed by atoms with Crippen LogP contribution >= 0.6 is 11.6 Å². The van der Waals surface area contributed by atoms with Gasteiger partial charge in [0.2, 0.25) is 0 Å². The number of anilines is 1. The number of nitrogens with one attached hydrogen (secondary N) is 2. The van der Waals surface area contributed by atoms with Gasteiger partial charge in [0.25, 0.3) is 5.91 Å². The number of H-pyrrole nitrogens is 1. The molecule has 0 radical (unpaired) electrons. The topological polar surface area (TPSA) is 67.0 Å². The Hall–Kier alpha value is -4.35. The number of amides is 1. The fraction of sp³-hybridized carbons (Fsp3) is 0.0345. The first-order valence-electron chi connectivity index (χ1n) is 11.2. The van der Waals surface area contributed by atoms with E-state index in [1.54, 1.807) is 18.2 Å². The molecular weight excluding hydrogens is 458 g/mol. The summed E-state index contributed by atoms with van der Waals surface area (Å²) in [5.74, 6) is 1.06. The maximum atomic E-state index is 12.2. The highest BCUT2D eigenvalue weighted by Crippen LogP contribution is 2.33. The molecule has 5 aromatic rings. The highest BCUT2D eigenvalue weighted by molar-refractivity contribution is 6.33. The van der Waals surface area contributed by atoms with Crippen molar-refractivity contribution in [3.05, 3.63) is 114 Å². The number of aromatic amines is 1. The third-order valence-corrected chi connectivity index (χ3v) is 5.79. The van der Waals surface area contributed by atoms with Crippen LogP contribution < -0.4 is 10.1 Å². The number of rotatable bonds is 7.